The number of benzene rings is 3. The van der Waals surface area contributed by atoms with Crippen LogP contribution in [0.3, 0.4) is 0 Å². The van der Waals surface area contributed by atoms with Crippen molar-refractivity contribution >= 4 is 22.0 Å². The fourth-order valence-corrected chi connectivity index (χ4v) is 5.58. The van der Waals surface area contributed by atoms with Gasteiger partial charge in [0.15, 0.2) is 0 Å². The standard InChI is InChI=1S/C29H32N2O6S/c1-29(2,3)37-17-21(19-38(34,35)31-27(32)20-11-5-4-6-12-20)30-28(33)36-18-26-24-15-9-7-13-22(24)23-14-8-10-16-25(23)26/h4-16,21,26H,17-19H2,1-3H3,(H,30,33)(H,31,32)/t21-/m0/s1. The average Bonchev–Trinajstić information content (AvgIpc) is 3.19. The quantitative estimate of drug-likeness (QED) is 0.418. The van der Waals surface area contributed by atoms with E-state index in [-0.39, 0.29) is 24.7 Å². The first-order valence-electron chi connectivity index (χ1n) is 12.4. The summed E-state index contributed by atoms with van der Waals surface area (Å²) in [5, 5.41) is 2.61. The molecule has 0 aromatic heterocycles. The van der Waals surface area contributed by atoms with Crippen molar-refractivity contribution in [1.82, 2.24) is 10.0 Å². The van der Waals surface area contributed by atoms with E-state index < -0.39 is 39.4 Å². The number of nitrogens with one attached hydrogen (secondary N) is 2. The van der Waals surface area contributed by atoms with Crippen LogP contribution in [0.1, 0.15) is 48.2 Å². The van der Waals surface area contributed by atoms with E-state index in [1.54, 1.807) is 18.2 Å². The lowest BCUT2D eigenvalue weighted by Crippen LogP contribution is -2.47. The Morgan fingerprint density at radius 2 is 1.42 bits per heavy atom. The van der Waals surface area contributed by atoms with Gasteiger partial charge in [-0.1, -0.05) is 66.7 Å². The number of fused-ring (bicyclic) bond motifs is 3. The molecule has 38 heavy (non-hydrogen) atoms. The minimum absolute atomic E-state index is 0.0875. The van der Waals surface area contributed by atoms with E-state index in [2.05, 4.69) is 10.0 Å². The van der Waals surface area contributed by atoms with Gasteiger partial charge in [-0.05, 0) is 55.2 Å². The van der Waals surface area contributed by atoms with E-state index in [1.165, 1.54) is 12.1 Å². The zero-order valence-corrected chi connectivity index (χ0v) is 22.5. The lowest BCUT2D eigenvalue weighted by Gasteiger charge is -2.25. The largest absolute Gasteiger partial charge is 0.449 e. The van der Waals surface area contributed by atoms with Crippen molar-refractivity contribution in [2.24, 2.45) is 0 Å². The van der Waals surface area contributed by atoms with E-state index in [4.69, 9.17) is 9.47 Å². The summed E-state index contributed by atoms with van der Waals surface area (Å²) in [5.41, 5.74) is 3.99. The van der Waals surface area contributed by atoms with Crippen LogP contribution < -0.4 is 10.0 Å². The predicted octanol–water partition coefficient (Wildman–Crippen LogP) is 4.47. The summed E-state index contributed by atoms with van der Waals surface area (Å²) in [4.78, 5) is 25.2. The van der Waals surface area contributed by atoms with Crippen LogP contribution in [0, 0.1) is 0 Å². The Balaban J connectivity index is 1.42. The first kappa shape index (κ1) is 27.3. The maximum Gasteiger partial charge on any atom is 0.407 e. The van der Waals surface area contributed by atoms with Crippen molar-refractivity contribution in [3.05, 3.63) is 95.6 Å². The van der Waals surface area contributed by atoms with Crippen molar-refractivity contribution < 1.29 is 27.5 Å². The number of sulfonamides is 1. The number of carbonyl (C=O) groups is 2. The highest BCUT2D eigenvalue weighted by Crippen LogP contribution is 2.44. The number of ether oxygens (including phenoxy) is 2. The number of carbonyl (C=O) groups excluding carboxylic acids is 2. The van der Waals surface area contributed by atoms with Crippen LogP contribution in [0.15, 0.2) is 78.9 Å². The summed E-state index contributed by atoms with van der Waals surface area (Å²) in [6.07, 6.45) is -0.765. The number of rotatable bonds is 9. The third kappa shape index (κ3) is 6.99. The smallest absolute Gasteiger partial charge is 0.407 e. The first-order chi connectivity index (χ1) is 18.0. The molecule has 1 aliphatic rings. The van der Waals surface area contributed by atoms with Gasteiger partial charge in [-0.25, -0.2) is 17.9 Å². The minimum Gasteiger partial charge on any atom is -0.449 e. The Bertz CT molecular complexity index is 1350. The molecule has 4 rings (SSSR count). The van der Waals surface area contributed by atoms with Gasteiger partial charge in [0.1, 0.15) is 6.61 Å². The first-order valence-corrected chi connectivity index (χ1v) is 14.0. The predicted molar refractivity (Wildman–Crippen MR) is 145 cm³/mol. The second-order valence-corrected chi connectivity index (χ2v) is 11.9. The number of amides is 2. The molecule has 0 unspecified atom stereocenters. The van der Waals surface area contributed by atoms with Crippen LogP contribution in [0.4, 0.5) is 4.79 Å². The SMILES string of the molecule is CC(C)(C)OC[C@@H](CS(=O)(=O)NC(=O)c1ccccc1)NC(=O)OCC1c2ccccc2-c2ccccc21. The molecule has 1 atom stereocenters. The van der Waals surface area contributed by atoms with E-state index >= 15 is 0 Å². The van der Waals surface area contributed by atoms with Crippen LogP contribution in [-0.2, 0) is 19.5 Å². The molecule has 0 radical (unpaired) electrons. The number of alkyl carbamates (subject to hydrolysis) is 1. The molecule has 0 spiro atoms. The van der Waals surface area contributed by atoms with E-state index in [9.17, 15) is 18.0 Å². The summed E-state index contributed by atoms with van der Waals surface area (Å²) in [6, 6.07) is 23.1. The highest BCUT2D eigenvalue weighted by molar-refractivity contribution is 7.90. The molecule has 3 aromatic carbocycles. The van der Waals surface area contributed by atoms with Crippen molar-refractivity contribution in [3.8, 4) is 11.1 Å². The molecule has 0 saturated carbocycles. The summed E-state index contributed by atoms with van der Waals surface area (Å²) < 4.78 is 39.0. The van der Waals surface area contributed by atoms with Crippen LogP contribution in [0.2, 0.25) is 0 Å². The van der Waals surface area contributed by atoms with Crippen LogP contribution >= 0.6 is 0 Å². The maximum atomic E-state index is 12.8. The zero-order valence-electron chi connectivity index (χ0n) is 21.6. The summed E-state index contributed by atoms with van der Waals surface area (Å²) >= 11 is 0. The molecule has 1 aliphatic carbocycles. The Morgan fingerprint density at radius 1 is 0.868 bits per heavy atom. The summed E-state index contributed by atoms with van der Waals surface area (Å²) in [6.45, 7) is 5.47. The molecule has 9 heteroatoms. The lowest BCUT2D eigenvalue weighted by atomic mass is 9.98. The summed E-state index contributed by atoms with van der Waals surface area (Å²) in [7, 11) is -4.10. The highest BCUT2D eigenvalue weighted by Gasteiger charge is 2.30. The minimum atomic E-state index is -4.10. The molecule has 0 heterocycles. The normalized spacial score (nSPS) is 13.8. The molecular formula is C29H32N2O6S. The van der Waals surface area contributed by atoms with E-state index in [1.807, 2.05) is 69.3 Å². The molecule has 3 aromatic rings. The topological polar surface area (TPSA) is 111 Å². The van der Waals surface area contributed by atoms with Gasteiger partial charge in [0.2, 0.25) is 10.0 Å². The van der Waals surface area contributed by atoms with Crippen molar-refractivity contribution in [1.29, 1.82) is 0 Å². The van der Waals surface area contributed by atoms with Gasteiger partial charge in [0, 0.05) is 11.5 Å². The third-order valence-electron chi connectivity index (χ3n) is 6.09. The van der Waals surface area contributed by atoms with Crippen LogP contribution in [-0.4, -0.2) is 51.0 Å². The third-order valence-corrected chi connectivity index (χ3v) is 7.43. The van der Waals surface area contributed by atoms with Gasteiger partial charge < -0.3 is 14.8 Å². The maximum absolute atomic E-state index is 12.8. The highest BCUT2D eigenvalue weighted by atomic mass is 32.2. The van der Waals surface area contributed by atoms with Gasteiger partial charge in [0.25, 0.3) is 5.91 Å². The Morgan fingerprint density at radius 3 is 2.00 bits per heavy atom. The Kier molecular flexibility index (Phi) is 8.18. The van der Waals surface area contributed by atoms with Gasteiger partial charge in [0.05, 0.1) is 24.0 Å². The van der Waals surface area contributed by atoms with Crippen LogP contribution in [0.5, 0.6) is 0 Å². The fraction of sp³-hybridized carbons (Fsp3) is 0.310. The van der Waals surface area contributed by atoms with Gasteiger partial charge >= 0.3 is 6.09 Å². The molecule has 0 saturated heterocycles. The molecule has 200 valence electrons. The van der Waals surface area contributed by atoms with Crippen molar-refractivity contribution in [2.45, 2.75) is 38.3 Å². The molecule has 8 nitrogen and oxygen atoms in total. The van der Waals surface area contributed by atoms with Crippen molar-refractivity contribution in [3.63, 3.8) is 0 Å². The number of hydrogen-bond acceptors (Lipinski definition) is 6. The average molecular weight is 537 g/mol. The second kappa shape index (κ2) is 11.4. The molecule has 2 amide bonds. The van der Waals surface area contributed by atoms with Crippen LogP contribution in [0.25, 0.3) is 11.1 Å². The monoisotopic (exact) mass is 536 g/mol. The lowest BCUT2D eigenvalue weighted by molar-refractivity contribution is -0.0120. The van der Waals surface area contributed by atoms with Gasteiger partial charge in [-0.2, -0.15) is 0 Å². The zero-order chi connectivity index (χ0) is 27.3. The Labute approximate surface area is 223 Å². The second-order valence-electron chi connectivity index (χ2n) is 10.2. The number of hydrogen-bond donors (Lipinski definition) is 2. The molecule has 0 aliphatic heterocycles. The molecule has 0 fully saturated rings. The van der Waals surface area contributed by atoms with Gasteiger partial charge in [-0.3, -0.25) is 4.79 Å². The molecule has 0 bridgehead atoms. The van der Waals surface area contributed by atoms with Crippen molar-refractivity contribution in [2.75, 3.05) is 19.0 Å². The molecule has 2 N–H and O–H groups in total. The molecular weight excluding hydrogens is 504 g/mol. The fourth-order valence-electron chi connectivity index (χ4n) is 4.38. The van der Waals surface area contributed by atoms with E-state index in [0.29, 0.717) is 0 Å². The Hall–Kier alpha value is -3.69. The van der Waals surface area contributed by atoms with Gasteiger partial charge in [-0.15, -0.1) is 0 Å². The van der Waals surface area contributed by atoms with E-state index in [0.717, 1.165) is 22.3 Å². The summed E-state index contributed by atoms with van der Waals surface area (Å²) in [5.74, 6) is -1.44.